The number of aliphatic hydroxyl groups is 1. The highest BCUT2D eigenvalue weighted by molar-refractivity contribution is 7.80. The Morgan fingerprint density at radius 1 is 1.28 bits per heavy atom. The van der Waals surface area contributed by atoms with Crippen molar-refractivity contribution >= 4 is 53.8 Å². The number of nitrogens with one attached hydrogen (secondary N) is 1. The van der Waals surface area contributed by atoms with Crippen molar-refractivity contribution in [2.75, 3.05) is 39.0 Å². The number of fused-ring (bicyclic) bond motifs is 5. The number of nitrogens with zero attached hydrogens (tertiary/aromatic N) is 2. The van der Waals surface area contributed by atoms with E-state index < -0.39 is 65.7 Å². The fourth-order valence-electron chi connectivity index (χ4n) is 6.49. The number of esters is 1. The average Bonchev–Trinajstić information content (AvgIpc) is 3.76. The standard InChI is InChI=1S/C35H48ClN3O10S/c1-19-10-9-11-26(46-8)35(44)18-25(47-33(43)37-35)20(2)31-34(4,49-31)27(48-32(42)21(3)38(5)28(40)12-13-50)17-29(41)39(6)23-15-22(14-19)16-24(45-7)30(23)36/h9-11,15-16,20-21,25-27,31,44,50H,12-14,17-18H2,1-8H3,(H,37,43)/t20-,21+,25+,26-,27-,31?,34+,35+/m1/s1. The average molecular weight is 738 g/mol. The van der Waals surface area contributed by atoms with Crippen molar-refractivity contribution in [2.24, 2.45) is 5.92 Å². The maximum absolute atomic E-state index is 14.0. The number of methoxy groups -OCH3 is 2. The summed E-state index contributed by atoms with van der Waals surface area (Å²) in [7, 11) is 5.98. The van der Waals surface area contributed by atoms with Crippen LogP contribution in [0.1, 0.15) is 52.5 Å². The summed E-state index contributed by atoms with van der Waals surface area (Å²) in [5.41, 5.74) is -0.903. The number of allylic oxidation sites excluding steroid dienone is 3. The predicted octanol–water partition coefficient (Wildman–Crippen LogP) is 3.83. The molecular weight excluding hydrogens is 690 g/mol. The molecule has 2 N–H and O–H groups in total. The number of alkyl carbamates (subject to hydrolysis) is 1. The van der Waals surface area contributed by atoms with Gasteiger partial charge in [0.05, 0.1) is 25.3 Å². The summed E-state index contributed by atoms with van der Waals surface area (Å²) in [4.78, 5) is 55.6. The lowest BCUT2D eigenvalue weighted by Crippen LogP contribution is -2.63. The van der Waals surface area contributed by atoms with Crippen LogP contribution < -0.4 is 15.0 Å². The third kappa shape index (κ3) is 8.42. The second-order valence-corrected chi connectivity index (χ2v) is 14.2. The van der Waals surface area contributed by atoms with Gasteiger partial charge in [-0.25, -0.2) is 9.59 Å². The molecule has 4 rings (SSSR count). The molecule has 0 radical (unpaired) electrons. The van der Waals surface area contributed by atoms with Crippen LogP contribution in [0.15, 0.2) is 35.9 Å². The van der Waals surface area contributed by atoms with Crippen LogP contribution in [-0.2, 0) is 39.8 Å². The lowest BCUT2D eigenvalue weighted by molar-refractivity contribution is -0.161. The van der Waals surface area contributed by atoms with Crippen molar-refractivity contribution in [3.05, 3.63) is 46.5 Å². The predicted molar refractivity (Wildman–Crippen MR) is 189 cm³/mol. The molecule has 0 saturated carbocycles. The van der Waals surface area contributed by atoms with Gasteiger partial charge in [0.1, 0.15) is 40.7 Å². The molecule has 3 heterocycles. The molecule has 3 aliphatic heterocycles. The van der Waals surface area contributed by atoms with E-state index in [4.69, 9.17) is 35.3 Å². The highest BCUT2D eigenvalue weighted by Gasteiger charge is 2.64. The number of hydrogen-bond donors (Lipinski definition) is 3. The zero-order valence-corrected chi connectivity index (χ0v) is 31.4. The Labute approximate surface area is 303 Å². The Hall–Kier alpha value is -3.30. The van der Waals surface area contributed by atoms with E-state index in [0.29, 0.717) is 23.6 Å². The van der Waals surface area contributed by atoms with Gasteiger partial charge in [-0.2, -0.15) is 12.6 Å². The molecule has 0 aromatic heterocycles. The molecule has 276 valence electrons. The third-order valence-electron chi connectivity index (χ3n) is 9.85. The summed E-state index contributed by atoms with van der Waals surface area (Å²) in [5, 5.41) is 14.4. The number of hydrogen-bond acceptors (Lipinski definition) is 11. The largest absolute Gasteiger partial charge is 0.495 e. The van der Waals surface area contributed by atoms with Crippen molar-refractivity contribution in [3.8, 4) is 5.75 Å². The van der Waals surface area contributed by atoms with Crippen LogP contribution in [0.5, 0.6) is 5.75 Å². The van der Waals surface area contributed by atoms with Gasteiger partial charge in [0.15, 0.2) is 5.72 Å². The Morgan fingerprint density at radius 2 is 1.98 bits per heavy atom. The minimum absolute atomic E-state index is 0.0489. The summed E-state index contributed by atoms with van der Waals surface area (Å²) in [5.74, 6) is -1.30. The van der Waals surface area contributed by atoms with Crippen molar-refractivity contribution < 1.29 is 48.0 Å². The van der Waals surface area contributed by atoms with E-state index >= 15 is 0 Å². The highest BCUT2D eigenvalue weighted by Crippen LogP contribution is 2.49. The Kier molecular flexibility index (Phi) is 12.6. The molecule has 2 fully saturated rings. The molecule has 4 bridgehead atoms. The molecule has 1 aromatic rings. The molecule has 3 aliphatic rings. The lowest BCUT2D eigenvalue weighted by Gasteiger charge is -2.42. The number of thiol groups is 1. The van der Waals surface area contributed by atoms with E-state index in [1.165, 1.54) is 38.0 Å². The van der Waals surface area contributed by atoms with E-state index in [1.807, 2.05) is 13.0 Å². The van der Waals surface area contributed by atoms with E-state index in [1.54, 1.807) is 45.2 Å². The number of rotatable bonds is 7. The number of epoxide rings is 1. The quantitative estimate of drug-likeness (QED) is 0.214. The Bertz CT molecular complexity index is 1540. The van der Waals surface area contributed by atoms with Gasteiger partial charge in [-0.1, -0.05) is 42.3 Å². The van der Waals surface area contributed by atoms with Crippen LogP contribution in [0.2, 0.25) is 5.02 Å². The molecule has 0 aliphatic carbocycles. The number of anilines is 1. The van der Waals surface area contributed by atoms with E-state index in [0.717, 1.165) is 11.1 Å². The summed E-state index contributed by atoms with van der Waals surface area (Å²) in [6, 6.07) is 2.60. The van der Waals surface area contributed by atoms with Gasteiger partial charge in [0.2, 0.25) is 11.8 Å². The SMILES string of the molecule is COc1cc2cc(c1Cl)N(C)C(=O)C[C@@H](OC(=O)[C@H](C)N(C)C(=O)CCS)[C@]1(C)OC1[C@H](C)[C@@H]1C[C@@](O)(NC(=O)O1)[C@H](OC)C=CC=C(C)C2. The summed E-state index contributed by atoms with van der Waals surface area (Å²) in [6.07, 6.45) is 1.08. The number of benzene rings is 1. The van der Waals surface area contributed by atoms with Gasteiger partial charge >= 0.3 is 12.1 Å². The van der Waals surface area contributed by atoms with Crippen LogP contribution >= 0.6 is 24.2 Å². The monoisotopic (exact) mass is 737 g/mol. The highest BCUT2D eigenvalue weighted by atomic mass is 35.5. The first-order valence-electron chi connectivity index (χ1n) is 16.4. The molecule has 13 nitrogen and oxygen atoms in total. The fourth-order valence-corrected chi connectivity index (χ4v) is 6.99. The molecule has 1 unspecified atom stereocenters. The fraction of sp³-hybridized carbons (Fsp3) is 0.600. The van der Waals surface area contributed by atoms with Gasteiger partial charge in [-0.15, -0.1) is 0 Å². The van der Waals surface area contributed by atoms with E-state index in [-0.39, 0.29) is 30.2 Å². The van der Waals surface area contributed by atoms with Crippen molar-refractivity contribution in [3.63, 3.8) is 0 Å². The Balaban J connectivity index is 1.78. The topological polar surface area (TPSA) is 156 Å². The summed E-state index contributed by atoms with van der Waals surface area (Å²) in [6.45, 7) is 6.96. The van der Waals surface area contributed by atoms with Crippen molar-refractivity contribution in [1.82, 2.24) is 10.2 Å². The van der Waals surface area contributed by atoms with Gasteiger partial charge in [-0.3, -0.25) is 14.9 Å². The number of ether oxygens (including phenoxy) is 5. The summed E-state index contributed by atoms with van der Waals surface area (Å²) >= 11 is 10.8. The maximum atomic E-state index is 14.0. The van der Waals surface area contributed by atoms with Crippen LogP contribution in [-0.4, -0.2) is 110 Å². The van der Waals surface area contributed by atoms with E-state index in [9.17, 15) is 24.3 Å². The van der Waals surface area contributed by atoms with Crippen LogP contribution in [0.3, 0.4) is 0 Å². The van der Waals surface area contributed by atoms with Crippen LogP contribution in [0.4, 0.5) is 10.5 Å². The smallest absolute Gasteiger partial charge is 0.409 e. The Morgan fingerprint density at radius 3 is 2.62 bits per heavy atom. The zero-order valence-electron chi connectivity index (χ0n) is 29.7. The minimum atomic E-state index is -1.82. The summed E-state index contributed by atoms with van der Waals surface area (Å²) < 4.78 is 29.0. The lowest BCUT2D eigenvalue weighted by atomic mass is 9.83. The molecular formula is C35H48ClN3O10S. The van der Waals surface area contributed by atoms with E-state index in [2.05, 4.69) is 17.9 Å². The molecule has 3 amide bonds. The van der Waals surface area contributed by atoms with Crippen LogP contribution in [0, 0.1) is 5.92 Å². The van der Waals surface area contributed by atoms with Gasteiger partial charge in [0.25, 0.3) is 0 Å². The number of halogens is 1. The number of amides is 3. The second kappa shape index (κ2) is 15.9. The normalized spacial score (nSPS) is 30.7. The van der Waals surface area contributed by atoms with Gasteiger partial charge in [0, 0.05) is 40.0 Å². The first-order valence-corrected chi connectivity index (χ1v) is 17.5. The zero-order chi connectivity index (χ0) is 37.1. The maximum Gasteiger partial charge on any atom is 0.409 e. The molecule has 2 saturated heterocycles. The number of carbonyl (C=O) groups is 4. The van der Waals surface area contributed by atoms with Gasteiger partial charge in [-0.05, 0) is 50.6 Å². The van der Waals surface area contributed by atoms with Crippen molar-refractivity contribution in [2.45, 2.75) is 95.2 Å². The minimum Gasteiger partial charge on any atom is -0.495 e. The molecule has 0 spiro atoms. The molecule has 8 atom stereocenters. The molecule has 1 aromatic carbocycles. The van der Waals surface area contributed by atoms with Gasteiger partial charge < -0.3 is 38.6 Å². The molecule has 50 heavy (non-hydrogen) atoms. The molecule has 15 heteroatoms. The first kappa shape index (κ1) is 39.5. The second-order valence-electron chi connectivity index (χ2n) is 13.4. The number of carbonyl (C=O) groups excluding carboxylic acids is 4. The third-order valence-corrected chi connectivity index (χ3v) is 10.5. The van der Waals surface area contributed by atoms with Crippen LogP contribution in [0.25, 0.3) is 0 Å². The first-order chi connectivity index (χ1) is 23.5. The number of likely N-dealkylation sites (N-methyl/N-ethyl adjacent to an activating group) is 1. The van der Waals surface area contributed by atoms with Crippen molar-refractivity contribution in [1.29, 1.82) is 0 Å².